The van der Waals surface area contributed by atoms with Crippen LogP contribution in [0.2, 0.25) is 0 Å². The SMILES string of the molecule is NCC1CN(Cc2cnc[nH]2)CCO1. The minimum atomic E-state index is 0.187. The van der Waals surface area contributed by atoms with E-state index < -0.39 is 0 Å². The van der Waals surface area contributed by atoms with Crippen LogP contribution in [0.1, 0.15) is 5.69 Å². The van der Waals surface area contributed by atoms with Crippen LogP contribution in [-0.4, -0.2) is 47.2 Å². The van der Waals surface area contributed by atoms with Crippen molar-refractivity contribution in [3.63, 3.8) is 0 Å². The van der Waals surface area contributed by atoms with E-state index in [1.54, 1.807) is 6.33 Å². The first-order valence-electron chi connectivity index (χ1n) is 4.90. The standard InChI is InChI=1S/C9H16N4O/c10-3-9-6-13(1-2-14-9)5-8-4-11-7-12-8/h4,7,9H,1-3,5-6,10H2,(H,11,12). The number of nitrogens with one attached hydrogen (secondary N) is 1. The molecule has 2 rings (SSSR count). The number of morpholine rings is 1. The van der Waals surface area contributed by atoms with E-state index in [-0.39, 0.29) is 6.10 Å². The van der Waals surface area contributed by atoms with E-state index >= 15 is 0 Å². The molecule has 2 heterocycles. The fourth-order valence-electron chi connectivity index (χ4n) is 1.68. The molecule has 0 amide bonds. The lowest BCUT2D eigenvalue weighted by Gasteiger charge is -2.31. The van der Waals surface area contributed by atoms with Crippen LogP contribution in [0.3, 0.4) is 0 Å². The van der Waals surface area contributed by atoms with Gasteiger partial charge in [-0.2, -0.15) is 0 Å². The Bertz CT molecular complexity index is 262. The number of aromatic amines is 1. The van der Waals surface area contributed by atoms with Gasteiger partial charge in [0.1, 0.15) is 0 Å². The van der Waals surface area contributed by atoms with Gasteiger partial charge in [0.15, 0.2) is 0 Å². The van der Waals surface area contributed by atoms with Crippen molar-refractivity contribution in [1.29, 1.82) is 0 Å². The van der Waals surface area contributed by atoms with Crippen molar-refractivity contribution in [3.8, 4) is 0 Å². The van der Waals surface area contributed by atoms with E-state index in [0.29, 0.717) is 6.54 Å². The minimum absolute atomic E-state index is 0.187. The number of imidazole rings is 1. The molecule has 0 radical (unpaired) electrons. The molecule has 5 heteroatoms. The van der Waals surface area contributed by atoms with Gasteiger partial charge in [-0.3, -0.25) is 4.90 Å². The quantitative estimate of drug-likeness (QED) is 0.688. The summed E-state index contributed by atoms with van der Waals surface area (Å²) in [5, 5.41) is 0. The Morgan fingerprint density at radius 2 is 2.64 bits per heavy atom. The molecule has 1 aliphatic heterocycles. The Morgan fingerprint density at radius 3 is 3.36 bits per heavy atom. The molecule has 1 fully saturated rings. The Morgan fingerprint density at radius 1 is 1.71 bits per heavy atom. The van der Waals surface area contributed by atoms with Crippen molar-refractivity contribution in [2.24, 2.45) is 5.73 Å². The zero-order valence-electron chi connectivity index (χ0n) is 8.15. The van der Waals surface area contributed by atoms with E-state index in [2.05, 4.69) is 14.9 Å². The van der Waals surface area contributed by atoms with Crippen molar-refractivity contribution < 1.29 is 4.74 Å². The molecule has 1 aliphatic rings. The summed E-state index contributed by atoms with van der Waals surface area (Å²) in [6.07, 6.45) is 3.75. The van der Waals surface area contributed by atoms with Crippen molar-refractivity contribution in [3.05, 3.63) is 18.2 Å². The van der Waals surface area contributed by atoms with Crippen LogP contribution in [0.15, 0.2) is 12.5 Å². The fourth-order valence-corrected chi connectivity index (χ4v) is 1.68. The second-order valence-electron chi connectivity index (χ2n) is 3.54. The van der Waals surface area contributed by atoms with Gasteiger partial charge in [0.05, 0.1) is 19.0 Å². The molecule has 1 unspecified atom stereocenters. The van der Waals surface area contributed by atoms with Crippen molar-refractivity contribution in [2.45, 2.75) is 12.6 Å². The van der Waals surface area contributed by atoms with Crippen LogP contribution in [-0.2, 0) is 11.3 Å². The maximum absolute atomic E-state index is 5.57. The Kier molecular flexibility index (Phi) is 3.13. The lowest BCUT2D eigenvalue weighted by molar-refractivity contribution is -0.0263. The van der Waals surface area contributed by atoms with Gasteiger partial charge >= 0.3 is 0 Å². The van der Waals surface area contributed by atoms with Crippen molar-refractivity contribution in [2.75, 3.05) is 26.2 Å². The van der Waals surface area contributed by atoms with Crippen LogP contribution in [0.4, 0.5) is 0 Å². The monoisotopic (exact) mass is 196 g/mol. The summed E-state index contributed by atoms with van der Waals surface area (Å²) >= 11 is 0. The average molecular weight is 196 g/mol. The number of rotatable bonds is 3. The number of ether oxygens (including phenoxy) is 1. The zero-order chi connectivity index (χ0) is 9.80. The zero-order valence-corrected chi connectivity index (χ0v) is 8.15. The molecule has 5 nitrogen and oxygen atoms in total. The van der Waals surface area contributed by atoms with Gasteiger partial charge in [-0.1, -0.05) is 0 Å². The number of aromatic nitrogens is 2. The molecule has 14 heavy (non-hydrogen) atoms. The van der Waals surface area contributed by atoms with E-state index in [1.165, 1.54) is 0 Å². The summed E-state index contributed by atoms with van der Waals surface area (Å²) in [4.78, 5) is 9.41. The van der Waals surface area contributed by atoms with Crippen molar-refractivity contribution >= 4 is 0 Å². The molecule has 1 saturated heterocycles. The summed E-state index contributed by atoms with van der Waals surface area (Å²) in [6.45, 7) is 4.15. The highest BCUT2D eigenvalue weighted by Crippen LogP contribution is 2.07. The second-order valence-corrected chi connectivity index (χ2v) is 3.54. The first-order valence-corrected chi connectivity index (χ1v) is 4.90. The van der Waals surface area contributed by atoms with Gasteiger partial charge in [0.25, 0.3) is 0 Å². The average Bonchev–Trinajstić information content (AvgIpc) is 2.71. The maximum Gasteiger partial charge on any atom is 0.0922 e. The number of nitrogens with zero attached hydrogens (tertiary/aromatic N) is 2. The second kappa shape index (κ2) is 4.54. The number of nitrogens with two attached hydrogens (primary N) is 1. The third-order valence-corrected chi connectivity index (χ3v) is 2.43. The molecule has 1 aromatic heterocycles. The highest BCUT2D eigenvalue weighted by Gasteiger charge is 2.19. The van der Waals surface area contributed by atoms with Crippen LogP contribution in [0.5, 0.6) is 0 Å². The highest BCUT2D eigenvalue weighted by molar-refractivity contribution is 4.94. The topological polar surface area (TPSA) is 67.2 Å². The third kappa shape index (κ3) is 2.31. The predicted molar refractivity (Wildman–Crippen MR) is 52.7 cm³/mol. The largest absolute Gasteiger partial charge is 0.374 e. The van der Waals surface area contributed by atoms with Gasteiger partial charge in [-0.05, 0) is 0 Å². The molecule has 0 bridgehead atoms. The fraction of sp³-hybridized carbons (Fsp3) is 0.667. The van der Waals surface area contributed by atoms with Crippen LogP contribution in [0, 0.1) is 0 Å². The smallest absolute Gasteiger partial charge is 0.0922 e. The van der Waals surface area contributed by atoms with Crippen LogP contribution in [0.25, 0.3) is 0 Å². The van der Waals surface area contributed by atoms with Crippen LogP contribution < -0.4 is 5.73 Å². The molecular formula is C9H16N4O. The third-order valence-electron chi connectivity index (χ3n) is 2.43. The molecule has 3 N–H and O–H groups in total. The van der Waals surface area contributed by atoms with E-state index in [1.807, 2.05) is 6.20 Å². The van der Waals surface area contributed by atoms with E-state index in [0.717, 1.165) is 31.9 Å². The lowest BCUT2D eigenvalue weighted by Crippen LogP contribution is -2.45. The first-order chi connectivity index (χ1) is 6.88. The van der Waals surface area contributed by atoms with Gasteiger partial charge in [-0.15, -0.1) is 0 Å². The van der Waals surface area contributed by atoms with E-state index in [9.17, 15) is 0 Å². The normalized spacial score (nSPS) is 23.9. The van der Waals surface area contributed by atoms with Crippen LogP contribution >= 0.6 is 0 Å². The first kappa shape index (κ1) is 9.64. The Hall–Kier alpha value is -0.910. The molecule has 0 saturated carbocycles. The van der Waals surface area contributed by atoms with Gasteiger partial charge in [0.2, 0.25) is 0 Å². The Balaban J connectivity index is 1.86. The number of hydrogen-bond donors (Lipinski definition) is 2. The molecule has 1 atom stereocenters. The summed E-state index contributed by atoms with van der Waals surface area (Å²) in [5.74, 6) is 0. The molecule has 78 valence electrons. The van der Waals surface area contributed by atoms with Gasteiger partial charge in [0, 0.05) is 38.1 Å². The lowest BCUT2D eigenvalue weighted by atomic mass is 10.2. The Labute approximate surface area is 83.3 Å². The number of H-pyrrole nitrogens is 1. The van der Waals surface area contributed by atoms with Crippen molar-refractivity contribution in [1.82, 2.24) is 14.9 Å². The molecular weight excluding hydrogens is 180 g/mol. The predicted octanol–water partition coefficient (Wildman–Crippen LogP) is -0.431. The summed E-state index contributed by atoms with van der Waals surface area (Å²) in [6, 6.07) is 0. The molecule has 0 aromatic carbocycles. The van der Waals surface area contributed by atoms with Gasteiger partial charge in [-0.25, -0.2) is 4.98 Å². The van der Waals surface area contributed by atoms with Gasteiger partial charge < -0.3 is 15.5 Å². The molecule has 0 spiro atoms. The minimum Gasteiger partial charge on any atom is -0.374 e. The van der Waals surface area contributed by atoms with E-state index in [4.69, 9.17) is 10.5 Å². The number of hydrogen-bond acceptors (Lipinski definition) is 4. The molecule has 0 aliphatic carbocycles. The summed E-state index contributed by atoms with van der Waals surface area (Å²) in [7, 11) is 0. The maximum atomic E-state index is 5.57. The summed E-state index contributed by atoms with van der Waals surface area (Å²) in [5.41, 5.74) is 6.71. The highest BCUT2D eigenvalue weighted by atomic mass is 16.5. The molecule has 1 aromatic rings. The summed E-state index contributed by atoms with van der Waals surface area (Å²) < 4.78 is 5.48.